The Labute approximate surface area is 121 Å². The number of anilines is 1. The highest BCUT2D eigenvalue weighted by molar-refractivity contribution is 5.95. The highest BCUT2D eigenvalue weighted by Crippen LogP contribution is 2.25. The Bertz CT molecular complexity index is 499. The lowest BCUT2D eigenvalue weighted by Crippen LogP contribution is -2.45. The third kappa shape index (κ3) is 4.54. The number of phenols is 1. The number of carbonyl (C=O) groups excluding carboxylic acids is 1. The maximum atomic E-state index is 12.7. The fourth-order valence-electron chi connectivity index (χ4n) is 2.13. The van der Waals surface area contributed by atoms with Crippen molar-refractivity contribution in [2.45, 2.75) is 38.9 Å². The van der Waals surface area contributed by atoms with Crippen molar-refractivity contribution >= 4 is 11.6 Å². The molecule has 0 atom stereocenters. The van der Waals surface area contributed by atoms with Crippen molar-refractivity contribution in [1.29, 1.82) is 0 Å². The molecule has 0 fully saturated rings. The van der Waals surface area contributed by atoms with E-state index in [0.717, 1.165) is 11.0 Å². The Morgan fingerprint density at radius 3 is 2.33 bits per heavy atom. The van der Waals surface area contributed by atoms with Crippen LogP contribution < -0.4 is 5.73 Å². The summed E-state index contributed by atoms with van der Waals surface area (Å²) in [6.45, 7) is 2.14. The summed E-state index contributed by atoms with van der Waals surface area (Å²) in [6, 6.07) is 3.17. The molecule has 118 valence electrons. The smallest absolute Gasteiger partial charge is 0.406 e. The molecule has 0 aromatic heterocycles. The summed E-state index contributed by atoms with van der Waals surface area (Å²) in [5, 5.41) is 9.50. The van der Waals surface area contributed by atoms with E-state index in [1.165, 1.54) is 12.1 Å². The second-order valence-electron chi connectivity index (χ2n) is 4.79. The van der Waals surface area contributed by atoms with Gasteiger partial charge in [0.25, 0.3) is 5.91 Å². The van der Waals surface area contributed by atoms with Crippen molar-refractivity contribution in [3.05, 3.63) is 23.8 Å². The molecular weight excluding hydrogens is 285 g/mol. The molecule has 4 nitrogen and oxygen atoms in total. The van der Waals surface area contributed by atoms with Gasteiger partial charge in [-0.25, -0.2) is 0 Å². The van der Waals surface area contributed by atoms with E-state index < -0.39 is 24.7 Å². The van der Waals surface area contributed by atoms with E-state index in [2.05, 4.69) is 0 Å². The van der Waals surface area contributed by atoms with Crippen LogP contribution in [0, 0.1) is 0 Å². The van der Waals surface area contributed by atoms with Gasteiger partial charge >= 0.3 is 6.18 Å². The minimum Gasteiger partial charge on any atom is -0.506 e. The van der Waals surface area contributed by atoms with Crippen LogP contribution in [-0.2, 0) is 0 Å². The summed E-state index contributed by atoms with van der Waals surface area (Å²) in [7, 11) is 0. The van der Waals surface area contributed by atoms with E-state index >= 15 is 0 Å². The third-order valence-electron chi connectivity index (χ3n) is 3.27. The SMILES string of the molecule is CCC(CC)N(CC(F)(F)F)C(=O)c1ccc(N)c(O)c1. The van der Waals surface area contributed by atoms with E-state index in [0.29, 0.717) is 12.8 Å². The number of halogens is 3. The van der Waals surface area contributed by atoms with Gasteiger partial charge in [-0.1, -0.05) is 13.8 Å². The zero-order valence-electron chi connectivity index (χ0n) is 11.9. The van der Waals surface area contributed by atoms with Gasteiger partial charge in [-0.15, -0.1) is 0 Å². The number of aromatic hydroxyl groups is 1. The summed E-state index contributed by atoms with van der Waals surface area (Å²) in [4.78, 5) is 13.1. The molecule has 0 heterocycles. The van der Waals surface area contributed by atoms with Crippen LogP contribution in [0.15, 0.2) is 18.2 Å². The molecule has 0 aliphatic rings. The molecule has 0 unspecified atom stereocenters. The van der Waals surface area contributed by atoms with E-state index in [9.17, 15) is 23.1 Å². The fraction of sp³-hybridized carbons (Fsp3) is 0.500. The van der Waals surface area contributed by atoms with Gasteiger partial charge in [0.05, 0.1) is 5.69 Å². The molecule has 1 rings (SSSR count). The predicted octanol–water partition coefficient (Wildman–Crippen LogP) is 3.17. The average Bonchev–Trinajstić information content (AvgIpc) is 2.40. The summed E-state index contributed by atoms with van der Waals surface area (Å²) >= 11 is 0. The summed E-state index contributed by atoms with van der Waals surface area (Å²) in [5.74, 6) is -1.09. The highest BCUT2D eigenvalue weighted by atomic mass is 19.4. The molecule has 21 heavy (non-hydrogen) atoms. The third-order valence-corrected chi connectivity index (χ3v) is 3.27. The Morgan fingerprint density at radius 1 is 1.33 bits per heavy atom. The molecule has 1 aromatic carbocycles. The van der Waals surface area contributed by atoms with Crippen LogP contribution in [0.25, 0.3) is 0 Å². The number of nitrogens with two attached hydrogens (primary N) is 1. The maximum absolute atomic E-state index is 12.7. The first-order chi connectivity index (χ1) is 9.69. The zero-order chi connectivity index (χ0) is 16.2. The molecule has 0 aliphatic carbocycles. The molecule has 1 aromatic rings. The number of nitrogen functional groups attached to an aromatic ring is 1. The Hall–Kier alpha value is -1.92. The minimum atomic E-state index is -4.48. The van der Waals surface area contributed by atoms with Crippen LogP contribution >= 0.6 is 0 Å². The molecule has 1 amide bonds. The lowest BCUT2D eigenvalue weighted by Gasteiger charge is -2.31. The number of nitrogens with zero attached hydrogens (tertiary/aromatic N) is 1. The zero-order valence-corrected chi connectivity index (χ0v) is 11.9. The van der Waals surface area contributed by atoms with Crippen LogP contribution in [0.3, 0.4) is 0 Å². The normalized spacial score (nSPS) is 11.7. The molecule has 3 N–H and O–H groups in total. The first-order valence-corrected chi connectivity index (χ1v) is 6.65. The Morgan fingerprint density at radius 2 is 1.90 bits per heavy atom. The number of phenolic OH excluding ortho intramolecular Hbond substituents is 1. The van der Waals surface area contributed by atoms with Crippen LogP contribution in [0.4, 0.5) is 18.9 Å². The molecule has 0 aliphatic heterocycles. The minimum absolute atomic E-state index is 0.0159. The molecule has 0 radical (unpaired) electrons. The molecule has 0 bridgehead atoms. The molecule has 0 spiro atoms. The number of hydrogen-bond donors (Lipinski definition) is 2. The fourth-order valence-corrected chi connectivity index (χ4v) is 2.13. The summed E-state index contributed by atoms with van der Waals surface area (Å²) in [5.41, 5.74) is 5.47. The van der Waals surface area contributed by atoms with Crippen LogP contribution in [-0.4, -0.2) is 34.7 Å². The van der Waals surface area contributed by atoms with Gasteiger partial charge in [-0.3, -0.25) is 4.79 Å². The van der Waals surface area contributed by atoms with Crippen molar-refractivity contribution in [1.82, 2.24) is 4.90 Å². The van der Waals surface area contributed by atoms with E-state index in [4.69, 9.17) is 5.73 Å². The number of alkyl halides is 3. The summed E-state index contributed by atoms with van der Waals surface area (Å²) in [6.07, 6.45) is -3.65. The standard InChI is InChI=1S/C14H19F3N2O2/c1-3-10(4-2)19(8-14(15,16)17)13(21)9-5-6-11(18)12(20)7-9/h5-7,10,20H,3-4,8,18H2,1-2H3. The Balaban J connectivity index is 3.11. The van der Waals surface area contributed by atoms with Gasteiger partial charge < -0.3 is 15.7 Å². The predicted molar refractivity (Wildman–Crippen MR) is 74.0 cm³/mol. The van der Waals surface area contributed by atoms with Crippen molar-refractivity contribution in [3.63, 3.8) is 0 Å². The lowest BCUT2D eigenvalue weighted by atomic mass is 10.1. The van der Waals surface area contributed by atoms with Gasteiger partial charge in [0, 0.05) is 11.6 Å². The van der Waals surface area contributed by atoms with Crippen LogP contribution in [0.1, 0.15) is 37.0 Å². The molecule has 0 saturated heterocycles. The van der Waals surface area contributed by atoms with Gasteiger partial charge in [0.15, 0.2) is 0 Å². The quantitative estimate of drug-likeness (QED) is 0.648. The molecule has 0 saturated carbocycles. The first kappa shape index (κ1) is 17.1. The number of benzene rings is 1. The van der Waals surface area contributed by atoms with E-state index in [1.807, 2.05) is 0 Å². The van der Waals surface area contributed by atoms with Gasteiger partial charge in [-0.2, -0.15) is 13.2 Å². The van der Waals surface area contributed by atoms with Crippen molar-refractivity contribution < 1.29 is 23.1 Å². The van der Waals surface area contributed by atoms with Gasteiger partial charge in [0.2, 0.25) is 0 Å². The van der Waals surface area contributed by atoms with Gasteiger partial charge in [-0.05, 0) is 31.0 Å². The first-order valence-electron chi connectivity index (χ1n) is 6.65. The van der Waals surface area contributed by atoms with Gasteiger partial charge in [0.1, 0.15) is 12.3 Å². The monoisotopic (exact) mass is 304 g/mol. The molecule has 7 heteroatoms. The largest absolute Gasteiger partial charge is 0.506 e. The average molecular weight is 304 g/mol. The highest BCUT2D eigenvalue weighted by Gasteiger charge is 2.36. The van der Waals surface area contributed by atoms with E-state index in [-0.39, 0.29) is 17.0 Å². The number of rotatable bonds is 5. The van der Waals surface area contributed by atoms with E-state index in [1.54, 1.807) is 13.8 Å². The second kappa shape index (κ2) is 6.69. The van der Waals surface area contributed by atoms with Crippen LogP contribution in [0.5, 0.6) is 5.75 Å². The van der Waals surface area contributed by atoms with Crippen molar-refractivity contribution in [3.8, 4) is 5.75 Å². The lowest BCUT2D eigenvalue weighted by molar-refractivity contribution is -0.144. The van der Waals surface area contributed by atoms with Crippen molar-refractivity contribution in [2.24, 2.45) is 0 Å². The topological polar surface area (TPSA) is 66.6 Å². The maximum Gasteiger partial charge on any atom is 0.406 e. The second-order valence-corrected chi connectivity index (χ2v) is 4.79. The summed E-state index contributed by atoms with van der Waals surface area (Å²) < 4.78 is 38.1. The number of carbonyl (C=O) groups is 1. The number of amides is 1. The van der Waals surface area contributed by atoms with Crippen LogP contribution in [0.2, 0.25) is 0 Å². The van der Waals surface area contributed by atoms with Crippen molar-refractivity contribution in [2.75, 3.05) is 12.3 Å². The Kier molecular flexibility index (Phi) is 5.46. The molecular formula is C14H19F3N2O2. The number of hydrogen-bond acceptors (Lipinski definition) is 3.